The molecule has 1 heterocycles. The molecule has 0 aliphatic carbocycles. The van der Waals surface area contributed by atoms with Crippen molar-refractivity contribution in [1.29, 1.82) is 0 Å². The summed E-state index contributed by atoms with van der Waals surface area (Å²) in [6.45, 7) is -0.323. The molecule has 1 atom stereocenters. The molecule has 8 heteroatoms. The summed E-state index contributed by atoms with van der Waals surface area (Å²) in [5.41, 5.74) is -0.937. The lowest BCUT2D eigenvalue weighted by molar-refractivity contribution is -0.137. The van der Waals surface area contributed by atoms with E-state index in [9.17, 15) is 27.5 Å². The number of nitrogens with zero attached hydrogens (tertiary/aromatic N) is 1. The topological polar surface area (TPSA) is 62.2 Å². The second-order valence-electron chi connectivity index (χ2n) is 4.74. The van der Waals surface area contributed by atoms with Crippen molar-refractivity contribution in [2.75, 3.05) is 6.54 Å². The van der Waals surface area contributed by atoms with E-state index in [1.807, 2.05) is 0 Å². The van der Waals surface area contributed by atoms with E-state index in [4.69, 9.17) is 0 Å². The number of aliphatic hydroxyl groups is 1. The molecule has 2 rings (SSSR count). The van der Waals surface area contributed by atoms with Gasteiger partial charge in [-0.2, -0.15) is 13.2 Å². The van der Waals surface area contributed by atoms with Crippen molar-refractivity contribution >= 4 is 5.91 Å². The van der Waals surface area contributed by atoms with E-state index in [0.717, 1.165) is 30.6 Å². The number of carbonyl (C=O) groups is 1. The first-order chi connectivity index (χ1) is 10.8. The van der Waals surface area contributed by atoms with Gasteiger partial charge in [-0.05, 0) is 23.8 Å². The number of hydrogen-bond acceptors (Lipinski definition) is 3. The fourth-order valence-electron chi connectivity index (χ4n) is 1.87. The van der Waals surface area contributed by atoms with Crippen LogP contribution in [0.15, 0.2) is 42.7 Å². The van der Waals surface area contributed by atoms with Crippen LogP contribution in [0.4, 0.5) is 17.6 Å². The Balaban J connectivity index is 2.02. The maximum atomic E-state index is 12.9. The third kappa shape index (κ3) is 4.49. The molecule has 0 saturated heterocycles. The Morgan fingerprint density at radius 1 is 1.26 bits per heavy atom. The van der Waals surface area contributed by atoms with Crippen LogP contribution in [0.1, 0.15) is 27.6 Å². The normalized spacial score (nSPS) is 12.7. The van der Waals surface area contributed by atoms with Gasteiger partial charge in [0, 0.05) is 12.7 Å². The Hall–Kier alpha value is -2.48. The zero-order valence-electron chi connectivity index (χ0n) is 11.6. The predicted octanol–water partition coefficient (Wildman–Crippen LogP) is 2.70. The average molecular weight is 328 g/mol. The van der Waals surface area contributed by atoms with E-state index >= 15 is 0 Å². The van der Waals surface area contributed by atoms with Crippen LogP contribution in [0.2, 0.25) is 0 Å². The maximum absolute atomic E-state index is 12.9. The van der Waals surface area contributed by atoms with Crippen molar-refractivity contribution in [3.8, 4) is 0 Å². The molecule has 0 fully saturated rings. The molecule has 0 radical (unpaired) electrons. The third-order valence-electron chi connectivity index (χ3n) is 3.02. The lowest BCUT2D eigenvalue weighted by Gasteiger charge is -2.14. The summed E-state index contributed by atoms with van der Waals surface area (Å²) >= 11 is 0. The van der Waals surface area contributed by atoms with E-state index in [1.54, 1.807) is 0 Å². The van der Waals surface area contributed by atoms with E-state index in [-0.39, 0.29) is 17.7 Å². The standard InChI is InChI=1S/C15H12F4N2O2/c16-12-5-10(6-20-7-12)14(23)21-8-13(22)9-2-1-3-11(4-9)15(17,18)19/h1-7,13,22H,8H2,(H,21,23). The van der Waals surface area contributed by atoms with Crippen LogP contribution in [0, 0.1) is 5.82 Å². The minimum Gasteiger partial charge on any atom is -0.387 e. The number of aromatic nitrogens is 1. The van der Waals surface area contributed by atoms with Crippen LogP contribution in [0.25, 0.3) is 0 Å². The molecular weight excluding hydrogens is 316 g/mol. The molecule has 1 unspecified atom stereocenters. The number of halogens is 4. The molecule has 0 bridgehead atoms. The third-order valence-corrected chi connectivity index (χ3v) is 3.02. The largest absolute Gasteiger partial charge is 0.416 e. The van der Waals surface area contributed by atoms with Crippen LogP contribution < -0.4 is 5.32 Å². The summed E-state index contributed by atoms with van der Waals surface area (Å²) in [6.07, 6.45) is -3.79. The molecule has 0 spiro atoms. The van der Waals surface area contributed by atoms with Gasteiger partial charge in [-0.1, -0.05) is 12.1 Å². The summed E-state index contributed by atoms with van der Waals surface area (Å²) in [5, 5.41) is 12.2. The molecule has 1 aromatic carbocycles. The molecule has 1 amide bonds. The van der Waals surface area contributed by atoms with Crippen molar-refractivity contribution in [2.45, 2.75) is 12.3 Å². The number of aliphatic hydroxyl groups excluding tert-OH is 1. The quantitative estimate of drug-likeness (QED) is 0.849. The van der Waals surface area contributed by atoms with Gasteiger partial charge in [-0.25, -0.2) is 4.39 Å². The van der Waals surface area contributed by atoms with Gasteiger partial charge in [-0.15, -0.1) is 0 Å². The second kappa shape index (κ2) is 6.74. The van der Waals surface area contributed by atoms with Gasteiger partial charge in [0.15, 0.2) is 0 Å². The Morgan fingerprint density at radius 2 is 2.00 bits per heavy atom. The molecule has 23 heavy (non-hydrogen) atoms. The fourth-order valence-corrected chi connectivity index (χ4v) is 1.87. The fraction of sp³-hybridized carbons (Fsp3) is 0.200. The van der Waals surface area contributed by atoms with Crippen LogP contribution in [0.5, 0.6) is 0 Å². The van der Waals surface area contributed by atoms with Gasteiger partial charge in [0.25, 0.3) is 5.91 Å². The Kier molecular flexibility index (Phi) is 4.95. The van der Waals surface area contributed by atoms with Gasteiger partial charge in [0.2, 0.25) is 0 Å². The van der Waals surface area contributed by atoms with Gasteiger partial charge in [-0.3, -0.25) is 9.78 Å². The SMILES string of the molecule is O=C(NCC(O)c1cccc(C(F)(F)F)c1)c1cncc(F)c1. The molecular formula is C15H12F4N2O2. The number of rotatable bonds is 4. The van der Waals surface area contributed by atoms with Crippen molar-refractivity contribution in [3.63, 3.8) is 0 Å². The molecule has 122 valence electrons. The summed E-state index contributed by atoms with van der Waals surface area (Å²) in [6, 6.07) is 5.13. The van der Waals surface area contributed by atoms with Crippen LogP contribution in [-0.2, 0) is 6.18 Å². The monoisotopic (exact) mass is 328 g/mol. The summed E-state index contributed by atoms with van der Waals surface area (Å²) in [5.74, 6) is -1.39. The first kappa shape index (κ1) is 16.9. The van der Waals surface area contributed by atoms with Crippen LogP contribution in [0.3, 0.4) is 0 Å². The van der Waals surface area contributed by atoms with Crippen molar-refractivity contribution in [2.24, 2.45) is 0 Å². The van der Waals surface area contributed by atoms with Gasteiger partial charge >= 0.3 is 6.18 Å². The molecule has 4 nitrogen and oxygen atoms in total. The Morgan fingerprint density at radius 3 is 2.65 bits per heavy atom. The zero-order chi connectivity index (χ0) is 17.0. The van der Waals surface area contributed by atoms with E-state index in [0.29, 0.717) is 0 Å². The number of amides is 1. The average Bonchev–Trinajstić information content (AvgIpc) is 2.51. The Labute approximate surface area is 128 Å². The second-order valence-corrected chi connectivity index (χ2v) is 4.74. The summed E-state index contributed by atoms with van der Waals surface area (Å²) < 4.78 is 50.8. The van der Waals surface area contributed by atoms with E-state index < -0.39 is 29.6 Å². The number of carbonyl (C=O) groups excluding carboxylic acids is 1. The molecule has 0 aliphatic rings. The summed E-state index contributed by atoms with van der Waals surface area (Å²) in [4.78, 5) is 15.3. The molecule has 0 saturated carbocycles. The number of benzene rings is 1. The molecule has 2 N–H and O–H groups in total. The molecule has 2 aromatic rings. The number of alkyl halides is 3. The minimum atomic E-state index is -4.52. The highest BCUT2D eigenvalue weighted by molar-refractivity contribution is 5.93. The van der Waals surface area contributed by atoms with Gasteiger partial charge in [0.1, 0.15) is 5.82 Å². The van der Waals surface area contributed by atoms with Crippen molar-refractivity contribution in [1.82, 2.24) is 10.3 Å². The van der Waals surface area contributed by atoms with Gasteiger partial charge in [0.05, 0.1) is 23.4 Å². The predicted molar refractivity (Wildman–Crippen MR) is 72.9 cm³/mol. The minimum absolute atomic E-state index is 0.0116. The van der Waals surface area contributed by atoms with Crippen molar-refractivity contribution in [3.05, 3.63) is 65.2 Å². The maximum Gasteiger partial charge on any atom is 0.416 e. The number of hydrogen-bond donors (Lipinski definition) is 2. The summed E-state index contributed by atoms with van der Waals surface area (Å²) in [7, 11) is 0. The first-order valence-electron chi connectivity index (χ1n) is 6.51. The highest BCUT2D eigenvalue weighted by Crippen LogP contribution is 2.30. The molecule has 1 aromatic heterocycles. The van der Waals surface area contributed by atoms with Gasteiger partial charge < -0.3 is 10.4 Å². The van der Waals surface area contributed by atoms with Crippen LogP contribution >= 0.6 is 0 Å². The molecule has 0 aliphatic heterocycles. The van der Waals surface area contributed by atoms with E-state index in [2.05, 4.69) is 10.3 Å². The highest BCUT2D eigenvalue weighted by Gasteiger charge is 2.30. The lowest BCUT2D eigenvalue weighted by Crippen LogP contribution is -2.28. The van der Waals surface area contributed by atoms with Crippen LogP contribution in [-0.4, -0.2) is 22.5 Å². The number of nitrogens with one attached hydrogen (secondary N) is 1. The Bertz CT molecular complexity index is 704. The van der Waals surface area contributed by atoms with E-state index in [1.165, 1.54) is 12.1 Å². The lowest BCUT2D eigenvalue weighted by atomic mass is 10.1. The smallest absolute Gasteiger partial charge is 0.387 e. The first-order valence-corrected chi connectivity index (χ1v) is 6.51. The zero-order valence-corrected chi connectivity index (χ0v) is 11.6. The number of pyridine rings is 1. The highest BCUT2D eigenvalue weighted by atomic mass is 19.4. The van der Waals surface area contributed by atoms with Crippen molar-refractivity contribution < 1.29 is 27.5 Å².